The first-order valence-corrected chi connectivity index (χ1v) is 1.26. The molecule has 0 saturated carbocycles. The van der Waals surface area contributed by atoms with Gasteiger partial charge in [-0.2, -0.15) is 0 Å². The normalized spacial score (nSPS) is 10.8. The van der Waals surface area contributed by atoms with Crippen LogP contribution in [-0.4, -0.2) is 5.16 Å². The van der Waals surface area contributed by atoms with Gasteiger partial charge in [0.1, 0.15) is 6.26 Å². The number of hydrogen-bond donors (Lipinski definition) is 0. The fraction of sp³-hybridized carbons (Fsp3) is 0. The van der Waals surface area contributed by atoms with Crippen molar-refractivity contribution in [2.45, 2.75) is 0 Å². The van der Waals surface area contributed by atoms with Gasteiger partial charge in [-0.15, -0.1) is 0 Å². The van der Waals surface area contributed by atoms with Crippen molar-refractivity contribution in [3.63, 3.8) is 0 Å². The van der Waals surface area contributed by atoms with Gasteiger partial charge in [0.05, 0.1) is 7.54 Å². The average molecular weight is 70.1 g/mol. The lowest BCUT2D eigenvalue weighted by molar-refractivity contribution is 0.420. The summed E-state index contributed by atoms with van der Waals surface area (Å²) in [5.41, 5.74) is 0. The van der Waals surface area contributed by atoms with Gasteiger partial charge in [0, 0.05) is 0 Å². The van der Waals surface area contributed by atoms with Crippen molar-refractivity contribution in [3.8, 4) is 0 Å². The van der Waals surface area contributed by atoms with Crippen molar-refractivity contribution >= 4 is 0 Å². The Morgan fingerprint density at radius 2 is 3.00 bits per heavy atom. The van der Waals surface area contributed by atoms with Crippen LogP contribution in [-0.2, 0) is 0 Å². The molecule has 1 rings (SSSR count). The topological polar surface area (TPSA) is 26.0 Å². The molecule has 0 aliphatic heterocycles. The minimum atomic E-state index is 0.176. The van der Waals surface area contributed by atoms with E-state index < -0.39 is 0 Å². The van der Waals surface area contributed by atoms with E-state index >= 15 is 0 Å². The maximum absolute atomic E-state index is 6.67. The molecule has 2 heteroatoms. The molecule has 0 saturated heterocycles. The molecule has 0 aliphatic rings. The quantitative estimate of drug-likeness (QED) is 0.448. The Balaban J connectivity index is 3.05. The molecule has 2 nitrogen and oxygen atoms in total. The zero-order valence-electron chi connectivity index (χ0n) is 3.51. The molecule has 0 aromatic carbocycles. The predicted octanol–water partition coefficient (Wildman–Crippen LogP) is 0.675. The smallest absolute Gasteiger partial charge is 0.123 e. The van der Waals surface area contributed by atoms with Gasteiger partial charge in [-0.1, -0.05) is 5.16 Å². The van der Waals surface area contributed by atoms with Gasteiger partial charge in [0.2, 0.25) is 0 Å². The zero-order valence-corrected chi connectivity index (χ0v) is 2.51. The van der Waals surface area contributed by atoms with Crippen LogP contribution in [0.2, 0.25) is 0 Å². The van der Waals surface area contributed by atoms with Crippen LogP contribution in [0.15, 0.2) is 23.0 Å². The molecule has 1 heterocycles. The summed E-state index contributed by atoms with van der Waals surface area (Å²) < 4.78 is 10.9. The summed E-state index contributed by atoms with van der Waals surface area (Å²) in [6, 6.07) is 1.47. The van der Waals surface area contributed by atoms with Gasteiger partial charge in [-0.25, -0.2) is 0 Å². The highest BCUT2D eigenvalue weighted by Crippen LogP contribution is 1.72. The summed E-state index contributed by atoms with van der Waals surface area (Å²) in [7, 11) is 0. The van der Waals surface area contributed by atoms with E-state index in [1.165, 1.54) is 12.3 Å². The number of aromatic nitrogens is 1. The second kappa shape index (κ2) is 0.885. The van der Waals surface area contributed by atoms with E-state index in [9.17, 15) is 0 Å². The molecule has 1 aromatic heterocycles. The van der Waals surface area contributed by atoms with Crippen LogP contribution in [0.5, 0.6) is 0 Å². The highest BCUT2D eigenvalue weighted by Gasteiger charge is 1.60. The second-order valence-corrected chi connectivity index (χ2v) is 0.629. The lowest BCUT2D eigenvalue weighted by Gasteiger charge is -1.48. The van der Waals surface area contributed by atoms with Crippen molar-refractivity contribution in [1.82, 2.24) is 5.16 Å². The Bertz CT molecular complexity index is 114. The van der Waals surface area contributed by atoms with Crippen LogP contribution in [0.1, 0.15) is 1.37 Å². The van der Waals surface area contributed by atoms with E-state index in [0.29, 0.717) is 0 Å². The van der Waals surface area contributed by atoms with Crippen molar-refractivity contribution in [3.05, 3.63) is 18.5 Å². The van der Waals surface area contributed by atoms with E-state index in [1.807, 2.05) is 0 Å². The first-order chi connectivity index (χ1) is 2.89. The maximum atomic E-state index is 6.67. The first kappa shape index (κ1) is 1.60. The van der Waals surface area contributed by atoms with E-state index in [0.717, 1.165) is 0 Å². The molecule has 0 radical (unpaired) electrons. The zero-order chi connectivity index (χ0) is 4.41. The Morgan fingerprint density at radius 3 is 3.20 bits per heavy atom. The fourth-order valence-corrected chi connectivity index (χ4v) is 0.152. The summed E-state index contributed by atoms with van der Waals surface area (Å²) in [5.74, 6) is 0. The van der Waals surface area contributed by atoms with E-state index in [1.54, 1.807) is 0 Å². The first-order valence-electron chi connectivity index (χ1n) is 1.76. The molecule has 0 atom stereocenters. The number of hydrogen-bond acceptors (Lipinski definition) is 2. The summed E-state index contributed by atoms with van der Waals surface area (Å²) in [6.07, 6.45) is 1.54. The number of nitrogens with zero attached hydrogens (tertiary/aromatic N) is 1. The Kier molecular flexibility index (Phi) is 0.283. The second-order valence-electron chi connectivity index (χ2n) is 0.629. The molecule has 0 spiro atoms. The Labute approximate surface area is 30.8 Å². The fourth-order valence-electron chi connectivity index (χ4n) is 0.152. The molecule has 0 unspecified atom stereocenters. The third-order valence-electron chi connectivity index (χ3n) is 0.309. The maximum Gasteiger partial charge on any atom is 0.123 e. The van der Waals surface area contributed by atoms with Crippen molar-refractivity contribution < 1.29 is 5.89 Å². The van der Waals surface area contributed by atoms with E-state index in [2.05, 4.69) is 9.68 Å². The van der Waals surface area contributed by atoms with Crippen molar-refractivity contribution in [1.29, 1.82) is 0 Å². The average Bonchev–Trinajstić information content (AvgIpc) is 1.86. The molecule has 0 bridgehead atoms. The van der Waals surface area contributed by atoms with Gasteiger partial charge in [0.25, 0.3) is 0 Å². The predicted molar refractivity (Wildman–Crippen MR) is 16.5 cm³/mol. The lowest BCUT2D eigenvalue weighted by atomic mass is 10.8. The van der Waals surface area contributed by atoms with Crippen LogP contribution in [0, 0.1) is 0 Å². The standard InChI is InChI=1S/C3H3NO/c1-2-4-5-3-1/h1-3H/i2D. The largest absolute Gasteiger partial charge is 0.365 e. The molecule has 0 N–H and O–H groups in total. The van der Waals surface area contributed by atoms with Crippen LogP contribution in [0.25, 0.3) is 0 Å². The van der Waals surface area contributed by atoms with Crippen LogP contribution < -0.4 is 0 Å². The minimum absolute atomic E-state index is 0.176. The molecule has 1 aromatic rings. The summed E-state index contributed by atoms with van der Waals surface area (Å²) in [5, 5.41) is 3.21. The monoisotopic (exact) mass is 70.0 g/mol. The van der Waals surface area contributed by atoms with E-state index in [-0.39, 0.29) is 6.17 Å². The third-order valence-corrected chi connectivity index (χ3v) is 0.309. The van der Waals surface area contributed by atoms with Gasteiger partial charge in [0.15, 0.2) is 0 Å². The van der Waals surface area contributed by atoms with Crippen LogP contribution in [0.4, 0.5) is 0 Å². The van der Waals surface area contributed by atoms with Gasteiger partial charge in [-0.05, 0) is 6.07 Å². The molecule has 5 heavy (non-hydrogen) atoms. The van der Waals surface area contributed by atoms with Gasteiger partial charge in [-0.3, -0.25) is 0 Å². The Morgan fingerprint density at radius 1 is 2.00 bits per heavy atom. The Hall–Kier alpha value is -0.790. The van der Waals surface area contributed by atoms with Crippen molar-refractivity contribution in [2.24, 2.45) is 0 Å². The highest BCUT2D eigenvalue weighted by molar-refractivity contribution is 4.67. The van der Waals surface area contributed by atoms with Crippen LogP contribution >= 0.6 is 0 Å². The minimum Gasteiger partial charge on any atom is -0.365 e. The highest BCUT2D eigenvalue weighted by atomic mass is 16.5. The SMILES string of the molecule is [2H]c1ccon1. The van der Waals surface area contributed by atoms with E-state index in [4.69, 9.17) is 1.37 Å². The molecule has 0 aliphatic carbocycles. The van der Waals surface area contributed by atoms with Gasteiger partial charge >= 0.3 is 0 Å². The molecular formula is C3H3NO. The van der Waals surface area contributed by atoms with Crippen molar-refractivity contribution in [2.75, 3.05) is 0 Å². The summed E-state index contributed by atoms with van der Waals surface area (Å²) >= 11 is 0. The molecule has 0 amide bonds. The number of rotatable bonds is 0. The summed E-state index contributed by atoms with van der Waals surface area (Å²) in [4.78, 5) is 0. The van der Waals surface area contributed by atoms with Gasteiger partial charge < -0.3 is 4.52 Å². The third kappa shape index (κ3) is 0.265. The lowest BCUT2D eigenvalue weighted by Crippen LogP contribution is -1.38. The summed E-state index contributed by atoms with van der Waals surface area (Å²) in [6.45, 7) is 0. The van der Waals surface area contributed by atoms with Crippen LogP contribution in [0.3, 0.4) is 0 Å². The molecule has 26 valence electrons. The molecular weight excluding hydrogens is 66.0 g/mol. The molecule has 0 fully saturated rings.